The van der Waals surface area contributed by atoms with Crippen LogP contribution < -0.4 is 4.74 Å². The van der Waals surface area contributed by atoms with E-state index in [0.29, 0.717) is 10.2 Å². The van der Waals surface area contributed by atoms with Crippen molar-refractivity contribution in [2.45, 2.75) is 0 Å². The summed E-state index contributed by atoms with van der Waals surface area (Å²) in [6, 6.07) is 8.78. The standard InChI is InChI=1S/C12H7BrINO3/c13-7-5-8(12(16)17)11(15-6-7)18-10-4-2-1-3-9(10)14/h1-6H,(H,16,17). The number of benzene rings is 1. The topological polar surface area (TPSA) is 59.4 Å². The third kappa shape index (κ3) is 2.99. The van der Waals surface area contributed by atoms with Gasteiger partial charge in [0.2, 0.25) is 5.88 Å². The third-order valence-corrected chi connectivity index (χ3v) is 3.42. The second kappa shape index (κ2) is 5.66. The molecule has 0 unspecified atom stereocenters. The predicted molar refractivity (Wildman–Crippen MR) is 78.1 cm³/mol. The van der Waals surface area contributed by atoms with Crippen LogP contribution in [0.25, 0.3) is 0 Å². The minimum atomic E-state index is -1.08. The molecule has 0 aliphatic heterocycles. The molecule has 1 N–H and O–H groups in total. The highest BCUT2D eigenvalue weighted by Gasteiger charge is 2.15. The lowest BCUT2D eigenvalue weighted by molar-refractivity contribution is 0.0693. The van der Waals surface area contributed by atoms with E-state index >= 15 is 0 Å². The molecule has 0 atom stereocenters. The first-order valence-corrected chi connectivity index (χ1v) is 6.76. The van der Waals surface area contributed by atoms with Crippen LogP contribution in [0.1, 0.15) is 10.4 Å². The SMILES string of the molecule is O=C(O)c1cc(Br)cnc1Oc1ccccc1I. The number of hydrogen-bond donors (Lipinski definition) is 1. The molecule has 18 heavy (non-hydrogen) atoms. The van der Waals surface area contributed by atoms with Crippen LogP contribution in [-0.4, -0.2) is 16.1 Å². The zero-order chi connectivity index (χ0) is 13.1. The van der Waals surface area contributed by atoms with Crippen molar-refractivity contribution in [1.29, 1.82) is 0 Å². The Morgan fingerprint density at radius 2 is 2.11 bits per heavy atom. The van der Waals surface area contributed by atoms with Crippen LogP contribution in [0.3, 0.4) is 0 Å². The Morgan fingerprint density at radius 1 is 1.39 bits per heavy atom. The van der Waals surface area contributed by atoms with E-state index < -0.39 is 5.97 Å². The summed E-state index contributed by atoms with van der Waals surface area (Å²) in [7, 11) is 0. The van der Waals surface area contributed by atoms with E-state index in [1.54, 1.807) is 6.07 Å². The van der Waals surface area contributed by atoms with Gasteiger partial charge in [-0.2, -0.15) is 0 Å². The summed E-state index contributed by atoms with van der Waals surface area (Å²) in [6.45, 7) is 0. The van der Waals surface area contributed by atoms with Gasteiger partial charge in [-0.3, -0.25) is 0 Å². The van der Waals surface area contributed by atoms with Crippen LogP contribution in [0, 0.1) is 3.57 Å². The molecular weight excluding hydrogens is 413 g/mol. The minimum Gasteiger partial charge on any atom is -0.477 e. The summed E-state index contributed by atoms with van der Waals surface area (Å²) in [5.41, 5.74) is 0.0176. The van der Waals surface area contributed by atoms with Gasteiger partial charge in [-0.05, 0) is 56.7 Å². The lowest BCUT2D eigenvalue weighted by atomic mass is 10.3. The molecule has 6 heteroatoms. The zero-order valence-corrected chi connectivity index (χ0v) is 12.7. The molecule has 92 valence electrons. The molecular formula is C12H7BrINO3. The number of carboxylic acids is 1. The lowest BCUT2D eigenvalue weighted by Gasteiger charge is -2.09. The highest BCUT2D eigenvalue weighted by atomic mass is 127. The first-order chi connectivity index (χ1) is 8.58. The first kappa shape index (κ1) is 13.3. The number of nitrogens with zero attached hydrogens (tertiary/aromatic N) is 1. The maximum atomic E-state index is 11.1. The molecule has 2 rings (SSSR count). The Hall–Kier alpha value is -1.15. The molecule has 0 saturated carbocycles. The number of halogens is 2. The summed E-state index contributed by atoms with van der Waals surface area (Å²) in [5, 5.41) is 9.09. The van der Waals surface area contributed by atoms with Crippen molar-refractivity contribution >= 4 is 44.5 Å². The number of pyridine rings is 1. The third-order valence-electron chi connectivity index (χ3n) is 2.09. The van der Waals surface area contributed by atoms with Crippen LogP contribution >= 0.6 is 38.5 Å². The minimum absolute atomic E-state index is 0.0176. The molecule has 0 aliphatic rings. The fourth-order valence-electron chi connectivity index (χ4n) is 1.29. The normalized spacial score (nSPS) is 10.1. The Morgan fingerprint density at radius 3 is 2.78 bits per heavy atom. The van der Waals surface area contributed by atoms with E-state index in [-0.39, 0.29) is 11.4 Å². The van der Waals surface area contributed by atoms with Crippen LogP contribution in [0.2, 0.25) is 0 Å². The first-order valence-electron chi connectivity index (χ1n) is 4.89. The Kier molecular flexibility index (Phi) is 4.18. The second-order valence-electron chi connectivity index (χ2n) is 3.34. The van der Waals surface area contributed by atoms with Gasteiger partial charge in [0.25, 0.3) is 0 Å². The van der Waals surface area contributed by atoms with Gasteiger partial charge in [0.05, 0.1) is 3.57 Å². The number of rotatable bonds is 3. The average molecular weight is 420 g/mol. The largest absolute Gasteiger partial charge is 0.477 e. The molecule has 4 nitrogen and oxygen atoms in total. The molecule has 2 aromatic rings. The number of aromatic nitrogens is 1. The fourth-order valence-corrected chi connectivity index (χ4v) is 2.12. The van der Waals surface area contributed by atoms with Crippen molar-refractivity contribution in [3.8, 4) is 11.6 Å². The maximum absolute atomic E-state index is 11.1. The summed E-state index contributed by atoms with van der Waals surface area (Å²) < 4.78 is 7.01. The van der Waals surface area contributed by atoms with E-state index in [2.05, 4.69) is 43.5 Å². The van der Waals surface area contributed by atoms with Crippen LogP contribution in [0.5, 0.6) is 11.6 Å². The molecule has 0 fully saturated rings. The number of ether oxygens (including phenoxy) is 1. The maximum Gasteiger partial charge on any atom is 0.341 e. The zero-order valence-electron chi connectivity index (χ0n) is 8.93. The van der Waals surface area contributed by atoms with Crippen molar-refractivity contribution in [2.75, 3.05) is 0 Å². The monoisotopic (exact) mass is 419 g/mol. The average Bonchev–Trinajstić information content (AvgIpc) is 2.34. The highest BCUT2D eigenvalue weighted by Crippen LogP contribution is 2.28. The summed E-state index contributed by atoms with van der Waals surface area (Å²) >= 11 is 5.30. The number of carboxylic acid groups (broad SMARTS) is 1. The van der Waals surface area contributed by atoms with Gasteiger partial charge in [0.15, 0.2) is 0 Å². The number of para-hydroxylation sites is 1. The van der Waals surface area contributed by atoms with Gasteiger partial charge in [-0.1, -0.05) is 12.1 Å². The van der Waals surface area contributed by atoms with E-state index in [1.807, 2.05) is 18.2 Å². The second-order valence-corrected chi connectivity index (χ2v) is 5.42. The summed E-state index contributed by atoms with van der Waals surface area (Å²) in [6.07, 6.45) is 1.50. The van der Waals surface area contributed by atoms with Gasteiger partial charge in [0, 0.05) is 10.7 Å². The molecule has 0 aliphatic carbocycles. The van der Waals surface area contributed by atoms with Crippen molar-refractivity contribution in [3.05, 3.63) is 50.1 Å². The number of aromatic carboxylic acids is 1. The Bertz CT molecular complexity index is 604. The fraction of sp³-hybridized carbons (Fsp3) is 0. The van der Waals surface area contributed by atoms with E-state index in [0.717, 1.165) is 3.57 Å². The molecule has 0 spiro atoms. The van der Waals surface area contributed by atoms with Gasteiger partial charge >= 0.3 is 5.97 Å². The van der Waals surface area contributed by atoms with Gasteiger partial charge in [-0.25, -0.2) is 9.78 Å². The van der Waals surface area contributed by atoms with Gasteiger partial charge < -0.3 is 9.84 Å². The van der Waals surface area contributed by atoms with E-state index in [1.165, 1.54) is 12.3 Å². The molecule has 1 heterocycles. The molecule has 1 aromatic carbocycles. The van der Waals surface area contributed by atoms with Crippen molar-refractivity contribution in [3.63, 3.8) is 0 Å². The van der Waals surface area contributed by atoms with Crippen molar-refractivity contribution in [2.24, 2.45) is 0 Å². The molecule has 0 radical (unpaired) electrons. The van der Waals surface area contributed by atoms with Crippen molar-refractivity contribution < 1.29 is 14.6 Å². The van der Waals surface area contributed by atoms with Crippen molar-refractivity contribution in [1.82, 2.24) is 4.98 Å². The highest BCUT2D eigenvalue weighted by molar-refractivity contribution is 14.1. The molecule has 0 saturated heterocycles. The van der Waals surface area contributed by atoms with Crippen LogP contribution in [0.4, 0.5) is 0 Å². The Labute approximate surface area is 125 Å². The van der Waals surface area contributed by atoms with Gasteiger partial charge in [-0.15, -0.1) is 0 Å². The summed E-state index contributed by atoms with van der Waals surface area (Å²) in [5.74, 6) is -0.421. The smallest absolute Gasteiger partial charge is 0.341 e. The number of carbonyl (C=O) groups is 1. The predicted octanol–water partition coefficient (Wildman–Crippen LogP) is 3.94. The quantitative estimate of drug-likeness (QED) is 0.765. The van der Waals surface area contributed by atoms with E-state index in [9.17, 15) is 4.79 Å². The molecule has 0 amide bonds. The summed E-state index contributed by atoms with van der Waals surface area (Å²) in [4.78, 5) is 15.1. The van der Waals surface area contributed by atoms with E-state index in [4.69, 9.17) is 9.84 Å². The lowest BCUT2D eigenvalue weighted by Crippen LogP contribution is -2.02. The van der Waals surface area contributed by atoms with Gasteiger partial charge in [0.1, 0.15) is 11.3 Å². The number of hydrogen-bond acceptors (Lipinski definition) is 3. The van der Waals surface area contributed by atoms with Crippen LogP contribution in [-0.2, 0) is 0 Å². The van der Waals surface area contributed by atoms with Crippen LogP contribution in [0.15, 0.2) is 41.0 Å². The molecule has 1 aromatic heterocycles. The Balaban J connectivity index is 2.41. The molecule has 0 bridgehead atoms.